The molecular formula is C20H18N2O4S. The van der Waals surface area contributed by atoms with Crippen LogP contribution in [0.3, 0.4) is 0 Å². The number of carbonyl (C=O) groups is 2. The van der Waals surface area contributed by atoms with Gasteiger partial charge in [-0.3, -0.25) is 10.1 Å². The summed E-state index contributed by atoms with van der Waals surface area (Å²) in [5.41, 5.74) is 2.28. The predicted molar refractivity (Wildman–Crippen MR) is 104 cm³/mol. The van der Waals surface area contributed by atoms with Crippen LogP contribution in [0.15, 0.2) is 53.9 Å². The molecule has 0 fully saturated rings. The average molecular weight is 382 g/mol. The molecule has 1 atom stereocenters. The van der Waals surface area contributed by atoms with Crippen molar-refractivity contribution in [3.8, 4) is 17.0 Å². The van der Waals surface area contributed by atoms with Crippen molar-refractivity contribution in [3.05, 3.63) is 65.0 Å². The number of ether oxygens (including phenoxy) is 1. The van der Waals surface area contributed by atoms with E-state index in [9.17, 15) is 14.7 Å². The van der Waals surface area contributed by atoms with Crippen molar-refractivity contribution in [2.24, 2.45) is 0 Å². The summed E-state index contributed by atoms with van der Waals surface area (Å²) in [6, 6.07) is 14.4. The third-order valence-corrected chi connectivity index (χ3v) is 4.67. The molecule has 0 aliphatic heterocycles. The van der Waals surface area contributed by atoms with Crippen LogP contribution in [0.25, 0.3) is 11.3 Å². The molecule has 2 aromatic carbocycles. The lowest BCUT2D eigenvalue weighted by molar-refractivity contribution is -0.123. The number of nitrogens with one attached hydrogen (secondary N) is 1. The van der Waals surface area contributed by atoms with Crippen molar-refractivity contribution in [1.29, 1.82) is 0 Å². The zero-order chi connectivity index (χ0) is 19.4. The van der Waals surface area contributed by atoms with Gasteiger partial charge in [-0.25, -0.2) is 9.78 Å². The molecule has 1 amide bonds. The summed E-state index contributed by atoms with van der Waals surface area (Å²) < 4.78 is 5.16. The molecule has 27 heavy (non-hydrogen) atoms. The maximum absolute atomic E-state index is 12.3. The number of rotatable bonds is 5. The molecule has 3 rings (SSSR count). The van der Waals surface area contributed by atoms with Gasteiger partial charge >= 0.3 is 5.97 Å². The van der Waals surface area contributed by atoms with E-state index in [-0.39, 0.29) is 11.3 Å². The number of benzene rings is 2. The van der Waals surface area contributed by atoms with Gasteiger partial charge in [0.1, 0.15) is 11.3 Å². The first-order valence-corrected chi connectivity index (χ1v) is 9.15. The molecule has 0 spiro atoms. The standard InChI is InChI=1S/C20H18N2O4S/c1-12-7-6-10-15(17(12)23)19(25)26-13(2)18(24)22-20-21-16(11-27-20)14-8-4-3-5-9-14/h3-11,13,23H,1-2H3,(H,21,22,24). The number of hydrogen-bond acceptors (Lipinski definition) is 6. The van der Waals surface area contributed by atoms with Gasteiger partial charge in [-0.2, -0.15) is 0 Å². The maximum Gasteiger partial charge on any atom is 0.342 e. The Bertz CT molecular complexity index is 969. The number of amides is 1. The molecule has 0 bridgehead atoms. The van der Waals surface area contributed by atoms with Crippen LogP contribution >= 0.6 is 11.3 Å². The lowest BCUT2D eigenvalue weighted by Gasteiger charge is -2.13. The first-order chi connectivity index (χ1) is 13.0. The molecule has 6 nitrogen and oxygen atoms in total. The molecule has 0 aliphatic rings. The summed E-state index contributed by atoms with van der Waals surface area (Å²) >= 11 is 1.29. The largest absolute Gasteiger partial charge is 0.507 e. The highest BCUT2D eigenvalue weighted by Crippen LogP contribution is 2.25. The van der Waals surface area contributed by atoms with Crippen molar-refractivity contribution >= 4 is 28.3 Å². The molecule has 0 saturated carbocycles. The SMILES string of the molecule is Cc1cccc(C(=O)OC(C)C(=O)Nc2nc(-c3ccccc3)cs2)c1O. The fourth-order valence-electron chi connectivity index (χ4n) is 2.38. The lowest BCUT2D eigenvalue weighted by atomic mass is 10.1. The Labute approximate surface area is 160 Å². The molecule has 1 unspecified atom stereocenters. The fourth-order valence-corrected chi connectivity index (χ4v) is 3.10. The van der Waals surface area contributed by atoms with Gasteiger partial charge in [-0.15, -0.1) is 11.3 Å². The van der Waals surface area contributed by atoms with Gasteiger partial charge in [-0.05, 0) is 25.5 Å². The van der Waals surface area contributed by atoms with E-state index in [1.807, 2.05) is 35.7 Å². The third-order valence-electron chi connectivity index (χ3n) is 3.91. The number of thiazole rings is 1. The van der Waals surface area contributed by atoms with E-state index < -0.39 is 18.0 Å². The van der Waals surface area contributed by atoms with Gasteiger partial charge in [0.25, 0.3) is 5.91 Å². The lowest BCUT2D eigenvalue weighted by Crippen LogP contribution is -2.30. The second kappa shape index (κ2) is 8.01. The molecule has 2 N–H and O–H groups in total. The number of aryl methyl sites for hydroxylation is 1. The van der Waals surface area contributed by atoms with E-state index in [1.54, 1.807) is 19.1 Å². The summed E-state index contributed by atoms with van der Waals surface area (Å²) in [6.07, 6.45) is -1.04. The number of aromatic nitrogens is 1. The smallest absolute Gasteiger partial charge is 0.342 e. The minimum atomic E-state index is -1.04. The fraction of sp³-hybridized carbons (Fsp3) is 0.150. The van der Waals surface area contributed by atoms with E-state index in [0.29, 0.717) is 10.7 Å². The summed E-state index contributed by atoms with van der Waals surface area (Å²) in [4.78, 5) is 28.9. The number of nitrogens with zero attached hydrogens (tertiary/aromatic N) is 1. The molecule has 0 aliphatic carbocycles. The first kappa shape index (κ1) is 18.6. The Balaban J connectivity index is 1.63. The van der Waals surface area contributed by atoms with Crippen molar-refractivity contribution in [3.63, 3.8) is 0 Å². The van der Waals surface area contributed by atoms with Crippen molar-refractivity contribution < 1.29 is 19.4 Å². The van der Waals surface area contributed by atoms with Crippen LogP contribution < -0.4 is 5.32 Å². The van der Waals surface area contributed by atoms with Crippen molar-refractivity contribution in [1.82, 2.24) is 4.98 Å². The van der Waals surface area contributed by atoms with E-state index in [4.69, 9.17) is 4.74 Å². The zero-order valence-corrected chi connectivity index (χ0v) is 15.6. The van der Waals surface area contributed by atoms with Crippen LogP contribution in [0.5, 0.6) is 5.75 Å². The highest BCUT2D eigenvalue weighted by Gasteiger charge is 2.22. The van der Waals surface area contributed by atoms with E-state index >= 15 is 0 Å². The van der Waals surface area contributed by atoms with Crippen LogP contribution in [-0.2, 0) is 9.53 Å². The second-order valence-electron chi connectivity index (χ2n) is 5.91. The van der Waals surface area contributed by atoms with Gasteiger partial charge < -0.3 is 9.84 Å². The highest BCUT2D eigenvalue weighted by molar-refractivity contribution is 7.14. The summed E-state index contributed by atoms with van der Waals surface area (Å²) in [7, 11) is 0. The third kappa shape index (κ3) is 4.32. The Morgan fingerprint density at radius 3 is 2.63 bits per heavy atom. The van der Waals surface area contributed by atoms with E-state index in [2.05, 4.69) is 10.3 Å². The Hall–Kier alpha value is -3.19. The Morgan fingerprint density at radius 1 is 1.15 bits per heavy atom. The average Bonchev–Trinajstić information content (AvgIpc) is 3.13. The highest BCUT2D eigenvalue weighted by atomic mass is 32.1. The normalized spacial score (nSPS) is 11.6. The summed E-state index contributed by atoms with van der Waals surface area (Å²) in [5, 5.41) is 14.9. The molecule has 1 heterocycles. The second-order valence-corrected chi connectivity index (χ2v) is 6.77. The van der Waals surface area contributed by atoms with E-state index in [0.717, 1.165) is 11.3 Å². The van der Waals surface area contributed by atoms with Crippen LogP contribution in [-0.4, -0.2) is 28.1 Å². The van der Waals surface area contributed by atoms with Crippen LogP contribution in [0.4, 0.5) is 5.13 Å². The van der Waals surface area contributed by atoms with Crippen LogP contribution in [0.1, 0.15) is 22.8 Å². The molecule has 7 heteroatoms. The van der Waals surface area contributed by atoms with E-state index in [1.165, 1.54) is 24.3 Å². The first-order valence-electron chi connectivity index (χ1n) is 8.27. The molecular weight excluding hydrogens is 364 g/mol. The van der Waals surface area contributed by atoms with Gasteiger partial charge in [0.2, 0.25) is 0 Å². The van der Waals surface area contributed by atoms with Crippen LogP contribution in [0, 0.1) is 6.92 Å². The summed E-state index contributed by atoms with van der Waals surface area (Å²) in [6.45, 7) is 3.14. The predicted octanol–water partition coefficient (Wildman–Crippen LogP) is 4.01. The number of aromatic hydroxyl groups is 1. The topological polar surface area (TPSA) is 88.5 Å². The number of hydrogen-bond donors (Lipinski definition) is 2. The molecule has 0 radical (unpaired) electrons. The number of anilines is 1. The van der Waals surface area contributed by atoms with Gasteiger partial charge in [0.15, 0.2) is 11.2 Å². The summed E-state index contributed by atoms with van der Waals surface area (Å²) in [5.74, 6) is -1.41. The number of para-hydroxylation sites is 1. The monoisotopic (exact) mass is 382 g/mol. The molecule has 0 saturated heterocycles. The Kier molecular flexibility index (Phi) is 5.52. The van der Waals surface area contributed by atoms with Gasteiger partial charge in [-0.1, -0.05) is 42.5 Å². The minimum Gasteiger partial charge on any atom is -0.507 e. The van der Waals surface area contributed by atoms with Gasteiger partial charge in [0, 0.05) is 10.9 Å². The quantitative estimate of drug-likeness (QED) is 0.651. The number of carbonyl (C=O) groups excluding carboxylic acids is 2. The van der Waals surface area contributed by atoms with Crippen LogP contribution in [0.2, 0.25) is 0 Å². The zero-order valence-electron chi connectivity index (χ0n) is 14.8. The van der Waals surface area contributed by atoms with Gasteiger partial charge in [0.05, 0.1) is 5.69 Å². The molecule has 1 aromatic heterocycles. The Morgan fingerprint density at radius 2 is 1.89 bits per heavy atom. The van der Waals surface area contributed by atoms with Crippen molar-refractivity contribution in [2.45, 2.75) is 20.0 Å². The molecule has 138 valence electrons. The number of phenols is 1. The minimum absolute atomic E-state index is 0.0234. The number of phenolic OH excluding ortho intramolecular Hbond substituents is 1. The van der Waals surface area contributed by atoms with Crippen molar-refractivity contribution in [2.75, 3.05) is 5.32 Å². The maximum atomic E-state index is 12.3. The number of esters is 1. The molecule has 3 aromatic rings.